The molecule has 1 saturated heterocycles. The van der Waals surface area contributed by atoms with Crippen molar-refractivity contribution in [1.29, 1.82) is 0 Å². The monoisotopic (exact) mass is 298 g/mol. The normalized spacial score (nSPS) is 24.9. The second-order valence-corrected chi connectivity index (χ2v) is 6.96. The van der Waals surface area contributed by atoms with Crippen molar-refractivity contribution >= 4 is 22.4 Å². The highest BCUT2D eigenvalue weighted by Crippen LogP contribution is 2.13. The van der Waals surface area contributed by atoms with Crippen LogP contribution < -0.4 is 10.0 Å². The maximum atomic E-state index is 12.0. The van der Waals surface area contributed by atoms with E-state index >= 15 is 0 Å². The van der Waals surface area contributed by atoms with Crippen molar-refractivity contribution < 1.29 is 8.42 Å². The summed E-state index contributed by atoms with van der Waals surface area (Å²) in [4.78, 5) is 0. The fourth-order valence-electron chi connectivity index (χ4n) is 2.38. The van der Waals surface area contributed by atoms with Gasteiger partial charge in [-0.1, -0.05) is 26.7 Å². The van der Waals surface area contributed by atoms with Gasteiger partial charge < -0.3 is 5.32 Å². The van der Waals surface area contributed by atoms with E-state index in [-0.39, 0.29) is 30.1 Å². The van der Waals surface area contributed by atoms with Gasteiger partial charge in [-0.05, 0) is 32.2 Å². The minimum atomic E-state index is -3.11. The molecule has 0 radical (unpaired) electrons. The summed E-state index contributed by atoms with van der Waals surface area (Å²) >= 11 is 0. The van der Waals surface area contributed by atoms with Crippen LogP contribution in [-0.2, 0) is 10.0 Å². The number of piperidine rings is 1. The molecule has 1 heterocycles. The zero-order valence-corrected chi connectivity index (χ0v) is 13.2. The molecular formula is C12H27ClN2O2S. The number of hydrogen-bond acceptors (Lipinski definition) is 3. The van der Waals surface area contributed by atoms with Crippen LogP contribution >= 0.6 is 12.4 Å². The van der Waals surface area contributed by atoms with Crippen LogP contribution in [0.2, 0.25) is 0 Å². The average molecular weight is 299 g/mol. The lowest BCUT2D eigenvalue weighted by Crippen LogP contribution is -2.47. The molecule has 0 spiro atoms. The highest BCUT2D eigenvalue weighted by atomic mass is 35.5. The smallest absolute Gasteiger partial charge is 0.212 e. The zero-order chi connectivity index (χ0) is 12.9. The van der Waals surface area contributed by atoms with Gasteiger partial charge in [0.15, 0.2) is 0 Å². The van der Waals surface area contributed by atoms with Crippen LogP contribution in [0.5, 0.6) is 0 Å². The van der Waals surface area contributed by atoms with Crippen molar-refractivity contribution in [1.82, 2.24) is 10.0 Å². The van der Waals surface area contributed by atoms with Crippen LogP contribution in [0.3, 0.4) is 0 Å². The quantitative estimate of drug-likeness (QED) is 0.787. The summed E-state index contributed by atoms with van der Waals surface area (Å²) in [6.07, 6.45) is 3.65. The van der Waals surface area contributed by atoms with Crippen molar-refractivity contribution in [2.45, 2.75) is 58.5 Å². The van der Waals surface area contributed by atoms with Crippen LogP contribution in [0, 0.1) is 5.92 Å². The molecule has 0 aromatic rings. The number of halogens is 1. The van der Waals surface area contributed by atoms with E-state index in [4.69, 9.17) is 0 Å². The molecule has 2 N–H and O–H groups in total. The SMILES string of the molecule is CCC(CC)CS(=O)(=O)NC1CCNC(C)C1.Cl. The minimum absolute atomic E-state index is 0. The molecule has 4 nitrogen and oxygen atoms in total. The van der Waals surface area contributed by atoms with Gasteiger partial charge in [-0.2, -0.15) is 0 Å². The number of hydrogen-bond donors (Lipinski definition) is 2. The molecule has 6 heteroatoms. The fourth-order valence-corrected chi connectivity index (χ4v) is 4.29. The molecule has 0 aromatic carbocycles. The van der Waals surface area contributed by atoms with Gasteiger partial charge in [-0.25, -0.2) is 13.1 Å². The largest absolute Gasteiger partial charge is 0.314 e. The minimum Gasteiger partial charge on any atom is -0.314 e. The Balaban J connectivity index is 0.00000289. The molecule has 110 valence electrons. The Morgan fingerprint density at radius 3 is 2.44 bits per heavy atom. The molecule has 18 heavy (non-hydrogen) atoms. The topological polar surface area (TPSA) is 58.2 Å². The van der Waals surface area contributed by atoms with Crippen molar-refractivity contribution in [3.63, 3.8) is 0 Å². The summed E-state index contributed by atoms with van der Waals surface area (Å²) in [5.41, 5.74) is 0. The summed E-state index contributed by atoms with van der Waals surface area (Å²) in [5.74, 6) is 0.560. The summed E-state index contributed by atoms with van der Waals surface area (Å²) in [6, 6.07) is 0.523. The second kappa shape index (κ2) is 8.35. The Morgan fingerprint density at radius 1 is 1.33 bits per heavy atom. The number of rotatable bonds is 6. The van der Waals surface area contributed by atoms with E-state index < -0.39 is 10.0 Å². The van der Waals surface area contributed by atoms with E-state index in [1.807, 2.05) is 0 Å². The van der Waals surface area contributed by atoms with Crippen LogP contribution in [-0.4, -0.2) is 32.8 Å². The summed E-state index contributed by atoms with van der Waals surface area (Å²) < 4.78 is 26.9. The van der Waals surface area contributed by atoms with Crippen LogP contribution in [0.1, 0.15) is 46.5 Å². The van der Waals surface area contributed by atoms with Gasteiger partial charge in [0.25, 0.3) is 0 Å². The van der Waals surface area contributed by atoms with E-state index in [9.17, 15) is 8.42 Å². The third-order valence-electron chi connectivity index (χ3n) is 3.58. The van der Waals surface area contributed by atoms with Crippen LogP contribution in [0.15, 0.2) is 0 Å². The number of sulfonamides is 1. The first-order valence-corrected chi connectivity index (χ1v) is 8.35. The Bertz CT molecular complexity index is 318. The second-order valence-electron chi connectivity index (χ2n) is 5.16. The predicted molar refractivity (Wildman–Crippen MR) is 78.7 cm³/mol. The Kier molecular flexibility index (Phi) is 8.43. The van der Waals surface area contributed by atoms with E-state index in [0.29, 0.717) is 6.04 Å². The van der Waals surface area contributed by atoms with Crippen LogP contribution in [0.4, 0.5) is 0 Å². The third kappa shape index (κ3) is 6.36. The molecule has 0 aliphatic carbocycles. The Morgan fingerprint density at radius 2 is 1.94 bits per heavy atom. The van der Waals surface area contributed by atoms with E-state index in [0.717, 1.165) is 32.2 Å². The van der Waals surface area contributed by atoms with E-state index in [1.54, 1.807) is 0 Å². The molecule has 0 saturated carbocycles. The van der Waals surface area contributed by atoms with E-state index in [2.05, 4.69) is 30.8 Å². The standard InChI is InChI=1S/C12H26N2O2S.ClH/c1-4-11(5-2)9-17(15,16)14-12-6-7-13-10(3)8-12;/h10-14H,4-9H2,1-3H3;1H. The molecule has 0 bridgehead atoms. The molecule has 1 fully saturated rings. The summed E-state index contributed by atoms with van der Waals surface area (Å²) in [6.45, 7) is 7.10. The maximum Gasteiger partial charge on any atom is 0.212 e. The van der Waals surface area contributed by atoms with Gasteiger partial charge in [0.2, 0.25) is 10.0 Å². The lowest BCUT2D eigenvalue weighted by atomic mass is 10.0. The molecule has 2 unspecified atom stereocenters. The van der Waals surface area contributed by atoms with Gasteiger partial charge >= 0.3 is 0 Å². The van der Waals surface area contributed by atoms with Crippen molar-refractivity contribution in [3.8, 4) is 0 Å². The van der Waals surface area contributed by atoms with Crippen molar-refractivity contribution in [3.05, 3.63) is 0 Å². The van der Waals surface area contributed by atoms with Gasteiger partial charge in [-0.15, -0.1) is 12.4 Å². The predicted octanol–water partition coefficient (Wildman–Crippen LogP) is 1.90. The van der Waals surface area contributed by atoms with Crippen LogP contribution in [0.25, 0.3) is 0 Å². The fraction of sp³-hybridized carbons (Fsp3) is 1.00. The van der Waals surface area contributed by atoms with E-state index in [1.165, 1.54) is 0 Å². The first-order valence-electron chi connectivity index (χ1n) is 6.70. The Hall–Kier alpha value is 0.160. The molecule has 2 atom stereocenters. The van der Waals surface area contributed by atoms with Gasteiger partial charge in [0.1, 0.15) is 0 Å². The number of nitrogens with one attached hydrogen (secondary N) is 2. The first-order chi connectivity index (χ1) is 7.96. The molecule has 0 amide bonds. The molecular weight excluding hydrogens is 272 g/mol. The third-order valence-corrected chi connectivity index (χ3v) is 5.18. The average Bonchev–Trinajstić information content (AvgIpc) is 2.25. The highest BCUT2D eigenvalue weighted by molar-refractivity contribution is 7.89. The van der Waals surface area contributed by atoms with Crippen molar-refractivity contribution in [2.75, 3.05) is 12.3 Å². The van der Waals surface area contributed by atoms with Gasteiger partial charge in [-0.3, -0.25) is 0 Å². The molecule has 0 aromatic heterocycles. The summed E-state index contributed by atoms with van der Waals surface area (Å²) in [5, 5.41) is 3.33. The highest BCUT2D eigenvalue weighted by Gasteiger charge is 2.24. The molecule has 1 aliphatic heterocycles. The molecule has 1 rings (SSSR count). The lowest BCUT2D eigenvalue weighted by Gasteiger charge is -2.29. The summed E-state index contributed by atoms with van der Waals surface area (Å²) in [7, 11) is -3.11. The molecule has 1 aliphatic rings. The zero-order valence-electron chi connectivity index (χ0n) is 11.6. The van der Waals surface area contributed by atoms with Gasteiger partial charge in [0.05, 0.1) is 5.75 Å². The lowest BCUT2D eigenvalue weighted by molar-refractivity contribution is 0.360. The van der Waals surface area contributed by atoms with Crippen molar-refractivity contribution in [2.24, 2.45) is 5.92 Å². The maximum absolute atomic E-state index is 12.0. The Labute approximate surface area is 118 Å². The van der Waals surface area contributed by atoms with Gasteiger partial charge in [0, 0.05) is 12.1 Å². The first kappa shape index (κ1) is 18.2.